The van der Waals surface area contributed by atoms with Crippen LogP contribution in [-0.2, 0) is 52.5 Å². The topological polar surface area (TPSA) is 173 Å². The van der Waals surface area contributed by atoms with Crippen molar-refractivity contribution in [3.63, 3.8) is 0 Å². The summed E-state index contributed by atoms with van der Waals surface area (Å²) in [6.07, 6.45) is -4.75. The normalized spacial score (nSPS) is 18.1. The number of benzene rings is 2. The van der Waals surface area contributed by atoms with Crippen LogP contribution in [0.5, 0.6) is 0 Å². The van der Waals surface area contributed by atoms with Crippen LogP contribution < -0.4 is 10.0 Å². The molecule has 6 aromatic rings. The molecule has 1 amide bonds. The molecule has 13 nitrogen and oxygen atoms in total. The van der Waals surface area contributed by atoms with E-state index in [2.05, 4.69) is 30.2 Å². The van der Waals surface area contributed by atoms with Crippen molar-refractivity contribution in [2.24, 2.45) is 13.0 Å². The molecule has 4 heterocycles. The predicted molar refractivity (Wildman–Crippen MR) is 195 cm³/mol. The van der Waals surface area contributed by atoms with E-state index in [9.17, 15) is 40.3 Å². The maximum Gasteiger partial charge on any atom is 0.435 e. The highest BCUT2D eigenvalue weighted by atomic mass is 35.5. The number of imidazole rings is 1. The number of aryl methyl sites for hydroxylation is 1. The lowest BCUT2D eigenvalue weighted by atomic mass is 9.94. The van der Waals surface area contributed by atoms with Crippen LogP contribution in [0.3, 0.4) is 0 Å². The molecule has 4 N–H and O–H groups in total. The number of carbonyl (C=O) groups excluding carboxylic acids is 1. The van der Waals surface area contributed by atoms with Gasteiger partial charge in [-0.2, -0.15) is 32.1 Å². The minimum absolute atomic E-state index is 0.00576. The molecule has 1 fully saturated rings. The predicted octanol–water partition coefficient (Wildman–Crippen LogP) is 6.57. The first-order valence-electron chi connectivity index (χ1n) is 17.5. The standard InChI is InChI=1S/C36H31ClF7N9O4S/c1-34(2,55)33-46-23-12-18(17-5-6-21(37)26-28(17)52(3)50-32(26)51-58(4,56)57)27(47-31(23)48-33)22(9-14-7-15(38)10-16(39)8-14)45-24(54)13-53-30-25(29(49-53)36(42,43)44)19-11-20(19)35(30,40)41/h5-8,10,12,19-20,22,55H,9,11,13H2,1-4H3,(H,45,54)(H,50,51)(H,46,47,48)/t19-,20+,22-/m0/s1. The molecule has 0 saturated heterocycles. The minimum Gasteiger partial charge on any atom is -0.383 e. The molecule has 0 unspecified atom stereocenters. The van der Waals surface area contributed by atoms with Gasteiger partial charge < -0.3 is 15.4 Å². The number of nitrogens with zero attached hydrogens (tertiary/aromatic N) is 6. The summed E-state index contributed by atoms with van der Waals surface area (Å²) in [6, 6.07) is 5.68. The van der Waals surface area contributed by atoms with Crippen LogP contribution in [0.15, 0.2) is 36.4 Å². The molecule has 0 radical (unpaired) electrons. The summed E-state index contributed by atoms with van der Waals surface area (Å²) in [4.78, 5) is 26.1. The van der Waals surface area contributed by atoms with Crippen molar-refractivity contribution < 1.29 is 49.1 Å². The number of sulfonamides is 1. The molecule has 4 aromatic heterocycles. The number of H-pyrrole nitrogens is 1. The third-order valence-corrected chi connectivity index (χ3v) is 11.0. The van der Waals surface area contributed by atoms with Crippen molar-refractivity contribution in [2.45, 2.75) is 62.9 Å². The number of alkyl halides is 5. The van der Waals surface area contributed by atoms with Crippen molar-refractivity contribution in [3.05, 3.63) is 87.1 Å². The summed E-state index contributed by atoms with van der Waals surface area (Å²) in [5.74, 6) is -9.23. The highest BCUT2D eigenvalue weighted by Gasteiger charge is 2.68. The fourth-order valence-corrected chi connectivity index (χ4v) is 8.45. The Labute approximate surface area is 328 Å². The molecular weight excluding hydrogens is 823 g/mol. The van der Waals surface area contributed by atoms with Gasteiger partial charge in [0.2, 0.25) is 15.9 Å². The molecule has 0 bridgehead atoms. The number of nitrogens with one attached hydrogen (secondary N) is 3. The van der Waals surface area contributed by atoms with E-state index in [1.807, 2.05) is 0 Å². The Kier molecular flexibility index (Phi) is 8.94. The first kappa shape index (κ1) is 39.5. The average Bonchev–Trinajstić information content (AvgIpc) is 3.33. The summed E-state index contributed by atoms with van der Waals surface area (Å²) >= 11 is 6.59. The summed E-state index contributed by atoms with van der Waals surface area (Å²) in [5, 5.41) is 21.4. The van der Waals surface area contributed by atoms with Crippen LogP contribution in [0.2, 0.25) is 5.02 Å². The number of fused-ring (bicyclic) bond motifs is 5. The molecule has 2 aromatic carbocycles. The maximum atomic E-state index is 15.4. The van der Waals surface area contributed by atoms with Crippen molar-refractivity contribution >= 4 is 55.4 Å². The van der Waals surface area contributed by atoms with Gasteiger partial charge in [0.1, 0.15) is 35.3 Å². The molecule has 8 rings (SSSR count). The number of aromatic amines is 1. The monoisotopic (exact) mass is 853 g/mol. The quantitative estimate of drug-likeness (QED) is 0.112. The maximum absolute atomic E-state index is 15.4. The van der Waals surface area contributed by atoms with Gasteiger partial charge >= 0.3 is 6.18 Å². The van der Waals surface area contributed by atoms with E-state index in [0.29, 0.717) is 10.7 Å². The SMILES string of the molecule is Cn1nc(NS(C)(=O)=O)c2c(Cl)ccc(-c3cc4[nH]c(C(C)(C)O)nc4nc3[C@H](Cc3cc(F)cc(F)c3)NC(=O)Cn3nc(C(F)(F)F)c4c3C(F)(F)[C@@H]3C[C@H]43)c21. The second kappa shape index (κ2) is 13.1. The zero-order chi connectivity index (χ0) is 42.0. The number of halogens is 8. The van der Waals surface area contributed by atoms with Crippen molar-refractivity contribution in [2.75, 3.05) is 11.0 Å². The number of aliphatic hydroxyl groups is 1. The second-order valence-electron chi connectivity index (χ2n) is 15.0. The van der Waals surface area contributed by atoms with E-state index in [1.165, 1.54) is 43.8 Å². The third kappa shape index (κ3) is 6.91. The van der Waals surface area contributed by atoms with Gasteiger partial charge in [0.05, 0.1) is 39.4 Å². The van der Waals surface area contributed by atoms with Gasteiger partial charge in [0.15, 0.2) is 17.2 Å². The van der Waals surface area contributed by atoms with Crippen LogP contribution in [0.4, 0.5) is 36.6 Å². The Hall–Kier alpha value is -5.28. The van der Waals surface area contributed by atoms with Gasteiger partial charge in [-0.3, -0.25) is 18.9 Å². The molecule has 22 heteroatoms. The largest absolute Gasteiger partial charge is 0.435 e. The van der Waals surface area contributed by atoms with E-state index in [-0.39, 0.29) is 67.5 Å². The van der Waals surface area contributed by atoms with Gasteiger partial charge in [-0.1, -0.05) is 17.7 Å². The van der Waals surface area contributed by atoms with E-state index < -0.39 is 93.1 Å². The summed E-state index contributed by atoms with van der Waals surface area (Å²) in [5.41, 5.74) is -3.77. The van der Waals surface area contributed by atoms with Gasteiger partial charge in [0, 0.05) is 35.7 Å². The summed E-state index contributed by atoms with van der Waals surface area (Å²) < 4.78 is 131. The third-order valence-electron chi connectivity index (χ3n) is 10.1. The van der Waals surface area contributed by atoms with E-state index in [0.717, 1.165) is 18.4 Å². The van der Waals surface area contributed by atoms with Gasteiger partial charge in [-0.25, -0.2) is 27.2 Å². The Balaban J connectivity index is 1.31. The van der Waals surface area contributed by atoms with E-state index >= 15 is 8.78 Å². The number of rotatable bonds is 10. The van der Waals surface area contributed by atoms with E-state index in [1.54, 1.807) is 0 Å². The number of pyridine rings is 1. The molecule has 58 heavy (non-hydrogen) atoms. The smallest absolute Gasteiger partial charge is 0.383 e. The summed E-state index contributed by atoms with van der Waals surface area (Å²) in [7, 11) is -2.37. The lowest BCUT2D eigenvalue weighted by molar-refractivity contribution is -0.142. The number of hydrogen-bond donors (Lipinski definition) is 4. The fraction of sp³-hybridized carbons (Fsp3) is 0.361. The number of hydrogen-bond acceptors (Lipinski definition) is 8. The van der Waals surface area contributed by atoms with Crippen molar-refractivity contribution in [1.82, 2.24) is 39.8 Å². The Morgan fingerprint density at radius 3 is 2.41 bits per heavy atom. The zero-order valence-corrected chi connectivity index (χ0v) is 32.2. The average molecular weight is 854 g/mol. The minimum atomic E-state index is -5.09. The lowest BCUT2D eigenvalue weighted by Crippen LogP contribution is -2.35. The van der Waals surface area contributed by atoms with Crippen LogP contribution in [0.1, 0.15) is 66.3 Å². The molecule has 306 valence electrons. The number of carbonyl (C=O) groups is 1. The number of amides is 1. The fourth-order valence-electron chi connectivity index (χ4n) is 7.72. The molecule has 2 aliphatic carbocycles. The Morgan fingerprint density at radius 2 is 1.78 bits per heavy atom. The van der Waals surface area contributed by atoms with Crippen LogP contribution in [0.25, 0.3) is 33.2 Å². The van der Waals surface area contributed by atoms with Crippen LogP contribution >= 0.6 is 11.6 Å². The molecular formula is C36H31ClF7N9O4S. The van der Waals surface area contributed by atoms with Crippen LogP contribution in [0, 0.1) is 17.6 Å². The summed E-state index contributed by atoms with van der Waals surface area (Å²) in [6.45, 7) is 1.80. The van der Waals surface area contributed by atoms with Gasteiger partial charge in [0.25, 0.3) is 5.92 Å². The zero-order valence-electron chi connectivity index (χ0n) is 30.6. The Bertz CT molecular complexity index is 2790. The van der Waals surface area contributed by atoms with E-state index in [4.69, 9.17) is 16.6 Å². The van der Waals surface area contributed by atoms with Crippen LogP contribution in [-0.4, -0.2) is 60.2 Å². The molecule has 0 spiro atoms. The van der Waals surface area contributed by atoms with Gasteiger partial charge in [-0.05, 0) is 62.4 Å². The molecule has 0 aliphatic heterocycles. The van der Waals surface area contributed by atoms with Crippen molar-refractivity contribution in [3.8, 4) is 11.1 Å². The highest BCUT2D eigenvalue weighted by molar-refractivity contribution is 7.92. The molecule has 1 saturated carbocycles. The van der Waals surface area contributed by atoms with Gasteiger partial charge in [-0.15, -0.1) is 0 Å². The molecule has 3 atom stereocenters. The lowest BCUT2D eigenvalue weighted by Gasteiger charge is -2.23. The first-order valence-corrected chi connectivity index (χ1v) is 19.7. The first-order chi connectivity index (χ1) is 26.9. The Morgan fingerprint density at radius 1 is 1.09 bits per heavy atom. The number of anilines is 1. The molecule has 2 aliphatic rings. The van der Waals surface area contributed by atoms with Crippen molar-refractivity contribution in [1.29, 1.82) is 0 Å². The number of aromatic nitrogens is 7. The highest BCUT2D eigenvalue weighted by Crippen LogP contribution is 2.68. The second-order valence-corrected chi connectivity index (χ2v) is 17.2.